The molecule has 0 aromatic heterocycles. The molecule has 1 aromatic rings. The van der Waals surface area contributed by atoms with Gasteiger partial charge < -0.3 is 5.11 Å². The van der Waals surface area contributed by atoms with Crippen LogP contribution in [0.15, 0.2) is 24.3 Å². The molecule has 0 amide bonds. The van der Waals surface area contributed by atoms with Gasteiger partial charge in [0.2, 0.25) is 0 Å². The van der Waals surface area contributed by atoms with E-state index in [9.17, 15) is 5.11 Å². The van der Waals surface area contributed by atoms with Gasteiger partial charge in [0.1, 0.15) is 0 Å². The Hall–Kier alpha value is -0.820. The zero-order valence-corrected chi connectivity index (χ0v) is 9.87. The number of aliphatic hydroxyl groups is 1. The molecule has 0 bridgehead atoms. The summed E-state index contributed by atoms with van der Waals surface area (Å²) in [4.78, 5) is 0. The maximum absolute atomic E-state index is 9.52. The second-order valence-corrected chi connectivity index (χ2v) is 4.19. The zero-order chi connectivity index (χ0) is 11.1. The summed E-state index contributed by atoms with van der Waals surface area (Å²) in [5.41, 5.74) is 2.65. The van der Waals surface area contributed by atoms with Crippen LogP contribution in [0.25, 0.3) is 0 Å². The molecule has 0 fully saturated rings. The van der Waals surface area contributed by atoms with Crippen molar-refractivity contribution in [2.75, 3.05) is 0 Å². The monoisotopic (exact) mass is 206 g/mol. The van der Waals surface area contributed by atoms with Gasteiger partial charge in [0.15, 0.2) is 0 Å². The van der Waals surface area contributed by atoms with Crippen molar-refractivity contribution in [3.63, 3.8) is 0 Å². The predicted molar refractivity (Wildman–Crippen MR) is 65.1 cm³/mol. The number of aryl methyl sites for hydroxylation is 1. The van der Waals surface area contributed by atoms with E-state index in [0.29, 0.717) is 0 Å². The van der Waals surface area contributed by atoms with Crippen molar-refractivity contribution in [2.24, 2.45) is 0 Å². The summed E-state index contributed by atoms with van der Waals surface area (Å²) in [6.45, 7) is 4.23. The van der Waals surface area contributed by atoms with E-state index in [4.69, 9.17) is 0 Å². The molecule has 0 radical (unpaired) electrons. The molecule has 1 nitrogen and oxygen atoms in total. The standard InChI is InChI=1S/C14H22O/c1-3-5-6-12-7-9-13(10-8-12)11-14(15)4-2/h7-10,14-15H,3-6,11H2,1-2H3. The molecule has 1 atom stereocenters. The van der Waals surface area contributed by atoms with Crippen LogP contribution in [0.5, 0.6) is 0 Å². The minimum absolute atomic E-state index is 0.188. The van der Waals surface area contributed by atoms with Crippen LogP contribution in [-0.2, 0) is 12.8 Å². The number of hydrogen-bond acceptors (Lipinski definition) is 1. The molecule has 0 aliphatic carbocycles. The Balaban J connectivity index is 2.48. The highest BCUT2D eigenvalue weighted by Gasteiger charge is 2.02. The molecular formula is C14H22O. The number of aliphatic hydroxyl groups excluding tert-OH is 1. The number of unbranched alkanes of at least 4 members (excludes halogenated alkanes) is 1. The fourth-order valence-corrected chi connectivity index (χ4v) is 1.64. The highest BCUT2D eigenvalue weighted by atomic mass is 16.3. The van der Waals surface area contributed by atoms with Crippen LogP contribution in [0.3, 0.4) is 0 Å². The Morgan fingerprint density at radius 3 is 2.20 bits per heavy atom. The van der Waals surface area contributed by atoms with Crippen LogP contribution in [0.2, 0.25) is 0 Å². The van der Waals surface area contributed by atoms with Gasteiger partial charge in [-0.1, -0.05) is 44.5 Å². The molecule has 1 aromatic carbocycles. The lowest BCUT2D eigenvalue weighted by Gasteiger charge is -2.08. The molecule has 0 saturated heterocycles. The lowest BCUT2D eigenvalue weighted by atomic mass is 10.0. The van der Waals surface area contributed by atoms with Crippen LogP contribution in [0, 0.1) is 0 Å². The highest BCUT2D eigenvalue weighted by molar-refractivity contribution is 5.23. The van der Waals surface area contributed by atoms with Crippen LogP contribution in [0.4, 0.5) is 0 Å². The van der Waals surface area contributed by atoms with E-state index in [1.54, 1.807) is 0 Å². The number of hydrogen-bond donors (Lipinski definition) is 1. The Bertz CT molecular complexity index is 263. The maximum atomic E-state index is 9.52. The third-order valence-corrected chi connectivity index (χ3v) is 2.78. The average Bonchev–Trinajstić information content (AvgIpc) is 2.28. The number of rotatable bonds is 6. The third-order valence-electron chi connectivity index (χ3n) is 2.78. The first-order valence-corrected chi connectivity index (χ1v) is 6.02. The van der Waals surface area contributed by atoms with E-state index in [2.05, 4.69) is 31.2 Å². The minimum atomic E-state index is -0.188. The van der Waals surface area contributed by atoms with Gasteiger partial charge in [-0.2, -0.15) is 0 Å². The van der Waals surface area contributed by atoms with Crippen molar-refractivity contribution >= 4 is 0 Å². The van der Waals surface area contributed by atoms with Crippen LogP contribution >= 0.6 is 0 Å². The van der Waals surface area contributed by atoms with E-state index >= 15 is 0 Å². The summed E-state index contributed by atoms with van der Waals surface area (Å²) in [5.74, 6) is 0. The topological polar surface area (TPSA) is 20.2 Å². The summed E-state index contributed by atoms with van der Waals surface area (Å²) in [5, 5.41) is 9.52. The summed E-state index contributed by atoms with van der Waals surface area (Å²) in [6, 6.07) is 8.66. The second kappa shape index (κ2) is 6.62. The Morgan fingerprint density at radius 2 is 1.67 bits per heavy atom. The Labute approximate surface area is 93.1 Å². The second-order valence-electron chi connectivity index (χ2n) is 4.19. The zero-order valence-electron chi connectivity index (χ0n) is 9.87. The van der Waals surface area contributed by atoms with Crippen LogP contribution < -0.4 is 0 Å². The van der Waals surface area contributed by atoms with Gasteiger partial charge in [-0.25, -0.2) is 0 Å². The van der Waals surface area contributed by atoms with E-state index in [0.717, 1.165) is 12.8 Å². The maximum Gasteiger partial charge on any atom is 0.0577 e. The van der Waals surface area contributed by atoms with Crippen molar-refractivity contribution in [1.82, 2.24) is 0 Å². The fraction of sp³-hybridized carbons (Fsp3) is 0.571. The molecule has 84 valence electrons. The fourth-order valence-electron chi connectivity index (χ4n) is 1.64. The molecular weight excluding hydrogens is 184 g/mol. The van der Waals surface area contributed by atoms with Crippen LogP contribution in [-0.4, -0.2) is 11.2 Å². The van der Waals surface area contributed by atoms with Gasteiger partial charge >= 0.3 is 0 Å². The van der Waals surface area contributed by atoms with E-state index < -0.39 is 0 Å². The van der Waals surface area contributed by atoms with Crippen molar-refractivity contribution in [3.8, 4) is 0 Å². The van der Waals surface area contributed by atoms with Gasteiger partial charge in [-0.05, 0) is 36.8 Å². The Morgan fingerprint density at radius 1 is 1.07 bits per heavy atom. The normalized spacial score (nSPS) is 12.7. The average molecular weight is 206 g/mol. The first-order chi connectivity index (χ1) is 7.26. The molecule has 0 aliphatic rings. The lowest BCUT2D eigenvalue weighted by molar-refractivity contribution is 0.171. The molecule has 1 N–H and O–H groups in total. The molecule has 15 heavy (non-hydrogen) atoms. The van der Waals surface area contributed by atoms with Gasteiger partial charge in [0, 0.05) is 0 Å². The van der Waals surface area contributed by atoms with Gasteiger partial charge in [0.05, 0.1) is 6.10 Å². The summed E-state index contributed by atoms with van der Waals surface area (Å²) in [6.07, 6.45) is 5.11. The van der Waals surface area contributed by atoms with Crippen molar-refractivity contribution < 1.29 is 5.11 Å². The SMILES string of the molecule is CCCCc1ccc(CC(O)CC)cc1. The Kier molecular flexibility index (Phi) is 5.41. The van der Waals surface area contributed by atoms with E-state index in [1.165, 1.54) is 30.4 Å². The van der Waals surface area contributed by atoms with Crippen molar-refractivity contribution in [3.05, 3.63) is 35.4 Å². The smallest absolute Gasteiger partial charge is 0.0577 e. The van der Waals surface area contributed by atoms with Gasteiger partial charge in [-0.15, -0.1) is 0 Å². The minimum Gasteiger partial charge on any atom is -0.393 e. The summed E-state index contributed by atoms with van der Waals surface area (Å²) >= 11 is 0. The first-order valence-electron chi connectivity index (χ1n) is 6.02. The van der Waals surface area contributed by atoms with Crippen molar-refractivity contribution in [1.29, 1.82) is 0 Å². The summed E-state index contributed by atoms with van der Waals surface area (Å²) < 4.78 is 0. The molecule has 0 saturated carbocycles. The molecule has 0 heterocycles. The molecule has 0 spiro atoms. The third kappa shape index (κ3) is 4.48. The molecule has 1 rings (SSSR count). The predicted octanol–water partition coefficient (Wildman–Crippen LogP) is 3.34. The molecule has 1 heteroatoms. The number of benzene rings is 1. The first kappa shape index (κ1) is 12.3. The van der Waals surface area contributed by atoms with Crippen molar-refractivity contribution in [2.45, 2.75) is 52.1 Å². The van der Waals surface area contributed by atoms with Gasteiger partial charge in [0.25, 0.3) is 0 Å². The molecule has 0 aliphatic heterocycles. The van der Waals surface area contributed by atoms with Crippen LogP contribution in [0.1, 0.15) is 44.2 Å². The highest BCUT2D eigenvalue weighted by Crippen LogP contribution is 2.10. The summed E-state index contributed by atoms with van der Waals surface area (Å²) in [7, 11) is 0. The largest absolute Gasteiger partial charge is 0.393 e. The lowest BCUT2D eigenvalue weighted by Crippen LogP contribution is -2.08. The quantitative estimate of drug-likeness (QED) is 0.757. The molecule has 1 unspecified atom stereocenters. The van der Waals surface area contributed by atoms with E-state index in [1.807, 2.05) is 6.92 Å². The van der Waals surface area contributed by atoms with Gasteiger partial charge in [-0.3, -0.25) is 0 Å². The van der Waals surface area contributed by atoms with E-state index in [-0.39, 0.29) is 6.10 Å².